The SMILES string of the molecule is Cc1ccc([C@H](C(=O)NC(C)(C)C)N(C(=O)Cn2nnc(-c3ccc(Cl)cc3)n2)c2cccc(O)c2)cc1. The summed E-state index contributed by atoms with van der Waals surface area (Å²) in [6.07, 6.45) is 0. The Kier molecular flexibility index (Phi) is 7.78. The van der Waals surface area contributed by atoms with Crippen LogP contribution in [0.2, 0.25) is 5.02 Å². The van der Waals surface area contributed by atoms with Gasteiger partial charge in [-0.25, -0.2) is 0 Å². The first-order valence-electron chi connectivity index (χ1n) is 12.0. The third-order valence-electron chi connectivity index (χ3n) is 5.61. The molecule has 0 saturated carbocycles. The van der Waals surface area contributed by atoms with Crippen molar-refractivity contribution in [2.24, 2.45) is 0 Å². The van der Waals surface area contributed by atoms with Gasteiger partial charge in [0.25, 0.3) is 5.91 Å². The first-order valence-corrected chi connectivity index (χ1v) is 12.4. The number of carbonyl (C=O) groups is 2. The van der Waals surface area contributed by atoms with E-state index >= 15 is 0 Å². The van der Waals surface area contributed by atoms with E-state index in [1.54, 1.807) is 36.4 Å². The van der Waals surface area contributed by atoms with E-state index in [4.69, 9.17) is 11.6 Å². The molecule has 10 heteroatoms. The highest BCUT2D eigenvalue weighted by atomic mass is 35.5. The number of anilines is 1. The number of phenolic OH excluding ortho intramolecular Hbond substituents is 1. The maximum Gasteiger partial charge on any atom is 0.251 e. The first-order chi connectivity index (χ1) is 18.0. The topological polar surface area (TPSA) is 113 Å². The molecule has 0 aliphatic rings. The van der Waals surface area contributed by atoms with E-state index in [1.807, 2.05) is 52.0 Å². The molecule has 0 aliphatic carbocycles. The Labute approximate surface area is 226 Å². The summed E-state index contributed by atoms with van der Waals surface area (Å²) in [6, 6.07) is 19.5. The van der Waals surface area contributed by atoms with Crippen molar-refractivity contribution in [1.29, 1.82) is 0 Å². The number of nitrogens with zero attached hydrogens (tertiary/aromatic N) is 5. The Morgan fingerprint density at radius 2 is 1.74 bits per heavy atom. The number of tetrazole rings is 1. The second-order valence-corrected chi connectivity index (χ2v) is 10.4. The maximum absolute atomic E-state index is 13.9. The summed E-state index contributed by atoms with van der Waals surface area (Å²) < 4.78 is 0. The highest BCUT2D eigenvalue weighted by Gasteiger charge is 2.35. The molecule has 0 bridgehead atoms. The molecule has 0 saturated heterocycles. The molecule has 196 valence electrons. The van der Waals surface area contributed by atoms with Gasteiger partial charge in [0.05, 0.1) is 0 Å². The standard InChI is InChI=1S/C28H29ClN6O3/c1-18-8-10-19(11-9-18)25(27(38)30-28(2,3)4)35(22-6-5-7-23(36)16-22)24(37)17-34-32-26(31-33-34)20-12-14-21(29)15-13-20/h5-16,25,36H,17H2,1-4H3,(H,30,38)/t25-/m1/s1. The van der Waals surface area contributed by atoms with Crippen LogP contribution < -0.4 is 10.2 Å². The fourth-order valence-corrected chi connectivity index (χ4v) is 4.03. The van der Waals surface area contributed by atoms with Crippen LogP contribution in [-0.2, 0) is 16.1 Å². The van der Waals surface area contributed by atoms with Crippen molar-refractivity contribution < 1.29 is 14.7 Å². The summed E-state index contributed by atoms with van der Waals surface area (Å²) in [6.45, 7) is 7.27. The summed E-state index contributed by atoms with van der Waals surface area (Å²) >= 11 is 5.97. The first kappa shape index (κ1) is 26.8. The number of hydrogen-bond donors (Lipinski definition) is 2. The minimum absolute atomic E-state index is 0.0388. The Hall–Kier alpha value is -4.24. The largest absolute Gasteiger partial charge is 0.508 e. The van der Waals surface area contributed by atoms with Crippen molar-refractivity contribution in [3.8, 4) is 17.1 Å². The molecule has 2 amide bonds. The molecule has 38 heavy (non-hydrogen) atoms. The van der Waals surface area contributed by atoms with E-state index in [-0.39, 0.29) is 18.2 Å². The molecule has 4 aromatic rings. The zero-order valence-corrected chi connectivity index (χ0v) is 22.3. The molecule has 0 spiro atoms. The van der Waals surface area contributed by atoms with Gasteiger partial charge in [-0.3, -0.25) is 14.5 Å². The zero-order valence-electron chi connectivity index (χ0n) is 21.6. The second-order valence-electron chi connectivity index (χ2n) is 9.99. The van der Waals surface area contributed by atoms with Crippen LogP contribution in [-0.4, -0.2) is 42.7 Å². The van der Waals surface area contributed by atoms with Crippen molar-refractivity contribution in [3.63, 3.8) is 0 Å². The average molecular weight is 533 g/mol. The van der Waals surface area contributed by atoms with E-state index in [0.717, 1.165) is 5.56 Å². The van der Waals surface area contributed by atoms with Gasteiger partial charge in [-0.15, -0.1) is 10.2 Å². The Morgan fingerprint density at radius 1 is 1.05 bits per heavy atom. The summed E-state index contributed by atoms with van der Waals surface area (Å²) in [4.78, 5) is 30.1. The molecule has 3 aromatic carbocycles. The van der Waals surface area contributed by atoms with Gasteiger partial charge in [0.2, 0.25) is 11.7 Å². The molecule has 0 unspecified atom stereocenters. The highest BCUT2D eigenvalue weighted by molar-refractivity contribution is 6.30. The van der Waals surface area contributed by atoms with Gasteiger partial charge in [-0.2, -0.15) is 4.80 Å². The normalized spacial score (nSPS) is 12.1. The van der Waals surface area contributed by atoms with Crippen LogP contribution in [0.3, 0.4) is 0 Å². The number of benzene rings is 3. The number of nitrogens with one attached hydrogen (secondary N) is 1. The zero-order chi connectivity index (χ0) is 27.4. The van der Waals surface area contributed by atoms with Crippen molar-refractivity contribution in [2.75, 3.05) is 4.90 Å². The monoisotopic (exact) mass is 532 g/mol. The molecule has 1 atom stereocenters. The maximum atomic E-state index is 13.9. The number of amides is 2. The molecule has 0 aliphatic heterocycles. The third-order valence-corrected chi connectivity index (χ3v) is 5.86. The number of carbonyl (C=O) groups excluding carboxylic acids is 2. The van der Waals surface area contributed by atoms with Gasteiger partial charge >= 0.3 is 0 Å². The van der Waals surface area contributed by atoms with Gasteiger partial charge in [-0.05, 0) is 74.9 Å². The molecular formula is C28H29ClN6O3. The van der Waals surface area contributed by atoms with Crippen molar-refractivity contribution in [2.45, 2.75) is 45.8 Å². The van der Waals surface area contributed by atoms with Gasteiger partial charge in [0, 0.05) is 27.9 Å². The molecule has 9 nitrogen and oxygen atoms in total. The Bertz CT molecular complexity index is 1430. The Balaban J connectivity index is 1.74. The fourth-order valence-electron chi connectivity index (χ4n) is 3.91. The lowest BCUT2D eigenvalue weighted by Gasteiger charge is -2.33. The highest BCUT2D eigenvalue weighted by Crippen LogP contribution is 2.31. The van der Waals surface area contributed by atoms with Crippen LogP contribution in [0.4, 0.5) is 5.69 Å². The number of aryl methyl sites for hydroxylation is 1. The lowest BCUT2D eigenvalue weighted by Crippen LogP contribution is -2.50. The minimum Gasteiger partial charge on any atom is -0.508 e. The molecule has 0 radical (unpaired) electrons. The summed E-state index contributed by atoms with van der Waals surface area (Å²) in [5.41, 5.74) is 2.12. The number of aromatic nitrogens is 4. The summed E-state index contributed by atoms with van der Waals surface area (Å²) in [5, 5.41) is 26.2. The smallest absolute Gasteiger partial charge is 0.251 e. The van der Waals surface area contributed by atoms with Gasteiger partial charge in [-0.1, -0.05) is 47.5 Å². The molecular weight excluding hydrogens is 504 g/mol. The van der Waals surface area contributed by atoms with E-state index in [9.17, 15) is 14.7 Å². The number of halogens is 1. The molecule has 4 rings (SSSR count). The van der Waals surface area contributed by atoms with Crippen molar-refractivity contribution >= 4 is 29.1 Å². The molecule has 1 aromatic heterocycles. The Morgan fingerprint density at radius 3 is 2.37 bits per heavy atom. The molecule has 0 fully saturated rings. The predicted octanol–water partition coefficient (Wildman–Crippen LogP) is 4.70. The average Bonchev–Trinajstić information content (AvgIpc) is 3.30. The second kappa shape index (κ2) is 11.0. The summed E-state index contributed by atoms with van der Waals surface area (Å²) in [5.74, 6) is -0.543. The van der Waals surface area contributed by atoms with Crippen LogP contribution in [0.25, 0.3) is 11.4 Å². The lowest BCUT2D eigenvalue weighted by molar-refractivity contribution is -0.128. The van der Waals surface area contributed by atoms with Gasteiger partial charge in [0.1, 0.15) is 18.3 Å². The van der Waals surface area contributed by atoms with E-state index in [2.05, 4.69) is 20.7 Å². The lowest BCUT2D eigenvalue weighted by atomic mass is 9.99. The number of hydrogen-bond acceptors (Lipinski definition) is 6. The van der Waals surface area contributed by atoms with Crippen molar-refractivity contribution in [3.05, 3.63) is 88.9 Å². The van der Waals surface area contributed by atoms with E-state index < -0.39 is 17.5 Å². The predicted molar refractivity (Wildman–Crippen MR) is 146 cm³/mol. The van der Waals surface area contributed by atoms with Crippen LogP contribution in [0.1, 0.15) is 37.9 Å². The van der Waals surface area contributed by atoms with Crippen molar-refractivity contribution in [1.82, 2.24) is 25.5 Å². The molecule has 2 N–H and O–H groups in total. The fraction of sp³-hybridized carbons (Fsp3) is 0.250. The number of phenols is 1. The van der Waals surface area contributed by atoms with Crippen LogP contribution in [0.5, 0.6) is 5.75 Å². The number of rotatable bonds is 7. The van der Waals surface area contributed by atoms with Crippen LogP contribution in [0.15, 0.2) is 72.8 Å². The minimum atomic E-state index is -1.02. The third kappa shape index (κ3) is 6.54. The van der Waals surface area contributed by atoms with Gasteiger partial charge in [0.15, 0.2) is 0 Å². The quantitative estimate of drug-likeness (QED) is 0.357. The van der Waals surface area contributed by atoms with Gasteiger partial charge < -0.3 is 10.4 Å². The van der Waals surface area contributed by atoms with E-state index in [1.165, 1.54) is 21.8 Å². The van der Waals surface area contributed by atoms with E-state index in [0.29, 0.717) is 27.7 Å². The molecule has 1 heterocycles. The summed E-state index contributed by atoms with van der Waals surface area (Å²) in [7, 11) is 0. The van der Waals surface area contributed by atoms with Crippen LogP contribution in [0, 0.1) is 6.92 Å². The van der Waals surface area contributed by atoms with Crippen LogP contribution >= 0.6 is 11.6 Å². The number of aromatic hydroxyl groups is 1.